The van der Waals surface area contributed by atoms with E-state index in [4.69, 9.17) is 16.2 Å². The number of benzene rings is 2. The number of hydrogen-bond acceptors (Lipinski definition) is 5. The summed E-state index contributed by atoms with van der Waals surface area (Å²) >= 11 is 0. The molecule has 0 atom stereocenters. The molecule has 2 rings (SSSR count). The molecular formula is C13H14N4O. The van der Waals surface area contributed by atoms with Crippen LogP contribution in [-0.4, -0.2) is 7.11 Å². The van der Waals surface area contributed by atoms with E-state index >= 15 is 0 Å². The van der Waals surface area contributed by atoms with Crippen molar-refractivity contribution in [1.82, 2.24) is 0 Å². The van der Waals surface area contributed by atoms with Crippen molar-refractivity contribution in [3.8, 4) is 5.75 Å². The van der Waals surface area contributed by atoms with Crippen molar-refractivity contribution in [2.75, 3.05) is 18.6 Å². The number of rotatable bonds is 3. The van der Waals surface area contributed by atoms with E-state index in [-0.39, 0.29) is 0 Å². The Kier molecular flexibility index (Phi) is 3.43. The molecule has 0 aliphatic carbocycles. The normalized spacial score (nSPS) is 10.7. The number of nitrogens with two attached hydrogens (primary N) is 2. The second kappa shape index (κ2) is 5.18. The Bertz CT molecular complexity index is 581. The molecular weight excluding hydrogens is 228 g/mol. The van der Waals surface area contributed by atoms with Gasteiger partial charge in [0.1, 0.15) is 11.4 Å². The first-order chi connectivity index (χ1) is 8.69. The molecule has 0 heterocycles. The predicted octanol–water partition coefficient (Wildman–Crippen LogP) is 3.28. The average Bonchev–Trinajstić information content (AvgIpc) is 2.37. The van der Waals surface area contributed by atoms with Gasteiger partial charge in [-0.2, -0.15) is 5.11 Å². The molecule has 0 saturated carbocycles. The van der Waals surface area contributed by atoms with Gasteiger partial charge in [0.05, 0.1) is 12.8 Å². The van der Waals surface area contributed by atoms with E-state index in [1.165, 1.54) is 0 Å². The number of nitrogens with zero attached hydrogens (tertiary/aromatic N) is 2. The Morgan fingerprint density at radius 1 is 0.944 bits per heavy atom. The molecule has 0 aliphatic heterocycles. The van der Waals surface area contributed by atoms with Gasteiger partial charge in [-0.05, 0) is 30.3 Å². The van der Waals surface area contributed by atoms with Crippen LogP contribution in [0.1, 0.15) is 0 Å². The second-order valence-corrected chi connectivity index (χ2v) is 3.73. The molecule has 0 aromatic heterocycles. The largest absolute Gasteiger partial charge is 0.494 e. The van der Waals surface area contributed by atoms with Gasteiger partial charge in [0, 0.05) is 17.4 Å². The molecule has 0 spiro atoms. The van der Waals surface area contributed by atoms with Gasteiger partial charge in [0.2, 0.25) is 0 Å². The quantitative estimate of drug-likeness (QED) is 0.639. The molecule has 92 valence electrons. The highest BCUT2D eigenvalue weighted by Crippen LogP contribution is 2.30. The first-order valence-corrected chi connectivity index (χ1v) is 5.40. The molecule has 4 N–H and O–H groups in total. The third-order valence-electron chi connectivity index (χ3n) is 2.35. The Morgan fingerprint density at radius 2 is 1.72 bits per heavy atom. The highest BCUT2D eigenvalue weighted by atomic mass is 16.5. The van der Waals surface area contributed by atoms with Crippen LogP contribution in [0.5, 0.6) is 5.75 Å². The maximum absolute atomic E-state index is 5.66. The van der Waals surface area contributed by atoms with Crippen LogP contribution in [0, 0.1) is 0 Å². The van der Waals surface area contributed by atoms with Crippen LogP contribution in [0.2, 0.25) is 0 Å². The van der Waals surface area contributed by atoms with Gasteiger partial charge in [0.15, 0.2) is 0 Å². The SMILES string of the molecule is COc1cc(N)ccc1N=Nc1cccc(N)c1. The van der Waals surface area contributed by atoms with Gasteiger partial charge in [-0.3, -0.25) is 0 Å². The molecule has 18 heavy (non-hydrogen) atoms. The molecule has 0 radical (unpaired) electrons. The van der Waals surface area contributed by atoms with Gasteiger partial charge in [0.25, 0.3) is 0 Å². The summed E-state index contributed by atoms with van der Waals surface area (Å²) in [7, 11) is 1.56. The standard InChI is InChI=1S/C13H14N4O/c1-18-13-8-10(15)5-6-12(13)17-16-11-4-2-3-9(14)7-11/h2-8H,14-15H2,1H3. The summed E-state index contributed by atoms with van der Waals surface area (Å²) in [6.45, 7) is 0. The molecule has 2 aromatic rings. The molecule has 5 nitrogen and oxygen atoms in total. The summed E-state index contributed by atoms with van der Waals surface area (Å²) in [6, 6.07) is 12.4. The molecule has 0 fully saturated rings. The van der Waals surface area contributed by atoms with E-state index in [0.29, 0.717) is 28.5 Å². The van der Waals surface area contributed by atoms with Gasteiger partial charge in [-0.25, -0.2) is 0 Å². The summed E-state index contributed by atoms with van der Waals surface area (Å²) in [5, 5.41) is 8.22. The van der Waals surface area contributed by atoms with Gasteiger partial charge < -0.3 is 16.2 Å². The maximum atomic E-state index is 5.66. The van der Waals surface area contributed by atoms with Gasteiger partial charge >= 0.3 is 0 Å². The molecule has 2 aromatic carbocycles. The fraction of sp³-hybridized carbons (Fsp3) is 0.0769. The van der Waals surface area contributed by atoms with Crippen LogP contribution in [0.3, 0.4) is 0 Å². The Hall–Kier alpha value is -2.56. The number of hydrogen-bond donors (Lipinski definition) is 2. The van der Waals surface area contributed by atoms with E-state index in [1.807, 2.05) is 12.1 Å². The minimum absolute atomic E-state index is 0.586. The van der Waals surface area contributed by atoms with Crippen molar-refractivity contribution < 1.29 is 4.74 Å². The lowest BCUT2D eigenvalue weighted by molar-refractivity contribution is 0.416. The van der Waals surface area contributed by atoms with Crippen molar-refractivity contribution >= 4 is 22.7 Å². The Balaban J connectivity index is 2.28. The van der Waals surface area contributed by atoms with Crippen LogP contribution >= 0.6 is 0 Å². The molecule has 0 unspecified atom stereocenters. The summed E-state index contributed by atoms with van der Waals surface area (Å²) < 4.78 is 5.18. The van der Waals surface area contributed by atoms with Crippen molar-refractivity contribution in [3.63, 3.8) is 0 Å². The van der Waals surface area contributed by atoms with E-state index in [1.54, 1.807) is 37.4 Å². The van der Waals surface area contributed by atoms with E-state index in [0.717, 1.165) is 0 Å². The average molecular weight is 242 g/mol. The van der Waals surface area contributed by atoms with Crippen LogP contribution in [0.15, 0.2) is 52.7 Å². The van der Waals surface area contributed by atoms with E-state index in [9.17, 15) is 0 Å². The van der Waals surface area contributed by atoms with Crippen LogP contribution in [0.4, 0.5) is 22.7 Å². The fourth-order valence-corrected chi connectivity index (χ4v) is 1.48. The number of anilines is 2. The minimum atomic E-state index is 0.586. The summed E-state index contributed by atoms with van der Waals surface area (Å²) in [5.74, 6) is 0.586. The Morgan fingerprint density at radius 3 is 2.44 bits per heavy atom. The molecule has 0 saturated heterocycles. The maximum Gasteiger partial charge on any atom is 0.148 e. The van der Waals surface area contributed by atoms with Crippen molar-refractivity contribution in [1.29, 1.82) is 0 Å². The topological polar surface area (TPSA) is 86.0 Å². The van der Waals surface area contributed by atoms with Gasteiger partial charge in [-0.15, -0.1) is 5.11 Å². The lowest BCUT2D eigenvalue weighted by atomic mass is 10.2. The van der Waals surface area contributed by atoms with E-state index in [2.05, 4.69) is 10.2 Å². The highest BCUT2D eigenvalue weighted by molar-refractivity contribution is 5.59. The van der Waals surface area contributed by atoms with Crippen LogP contribution in [0.25, 0.3) is 0 Å². The Labute approximate surface area is 105 Å². The first kappa shape index (κ1) is 11.9. The lowest BCUT2D eigenvalue weighted by Gasteiger charge is -2.04. The second-order valence-electron chi connectivity index (χ2n) is 3.73. The zero-order valence-corrected chi connectivity index (χ0v) is 10.00. The number of nitrogen functional groups attached to an aromatic ring is 2. The number of ether oxygens (including phenoxy) is 1. The summed E-state index contributed by atoms with van der Waals surface area (Å²) in [4.78, 5) is 0. The highest BCUT2D eigenvalue weighted by Gasteiger charge is 2.01. The fourth-order valence-electron chi connectivity index (χ4n) is 1.48. The third kappa shape index (κ3) is 2.76. The van der Waals surface area contributed by atoms with E-state index < -0.39 is 0 Å². The summed E-state index contributed by atoms with van der Waals surface area (Å²) in [5.41, 5.74) is 13.9. The third-order valence-corrected chi connectivity index (χ3v) is 2.35. The number of methoxy groups -OCH3 is 1. The molecule has 5 heteroatoms. The predicted molar refractivity (Wildman–Crippen MR) is 72.4 cm³/mol. The molecule has 0 bridgehead atoms. The van der Waals surface area contributed by atoms with Crippen LogP contribution in [-0.2, 0) is 0 Å². The zero-order valence-electron chi connectivity index (χ0n) is 10.00. The minimum Gasteiger partial charge on any atom is -0.494 e. The van der Waals surface area contributed by atoms with Gasteiger partial charge in [-0.1, -0.05) is 6.07 Å². The molecule has 0 amide bonds. The van der Waals surface area contributed by atoms with Crippen molar-refractivity contribution in [3.05, 3.63) is 42.5 Å². The van der Waals surface area contributed by atoms with Crippen molar-refractivity contribution in [2.24, 2.45) is 10.2 Å². The smallest absolute Gasteiger partial charge is 0.148 e. The van der Waals surface area contributed by atoms with Crippen molar-refractivity contribution in [2.45, 2.75) is 0 Å². The summed E-state index contributed by atoms with van der Waals surface area (Å²) in [6.07, 6.45) is 0. The number of azo groups is 1. The first-order valence-electron chi connectivity index (χ1n) is 5.40. The van der Waals surface area contributed by atoms with Crippen LogP contribution < -0.4 is 16.2 Å². The monoisotopic (exact) mass is 242 g/mol. The molecule has 0 aliphatic rings. The lowest BCUT2D eigenvalue weighted by Crippen LogP contribution is -1.87. The zero-order chi connectivity index (χ0) is 13.0.